The molecule has 2 unspecified atom stereocenters. The first-order chi connectivity index (χ1) is 23.9. The minimum absolute atomic E-state index is 0.0321. The van der Waals surface area contributed by atoms with Crippen molar-refractivity contribution >= 4 is 44.1 Å². The zero-order valence-corrected chi connectivity index (χ0v) is 31.4. The fourth-order valence-electron chi connectivity index (χ4n) is 7.02. The van der Waals surface area contributed by atoms with Crippen molar-refractivity contribution in [1.82, 2.24) is 60.7 Å². The summed E-state index contributed by atoms with van der Waals surface area (Å²) in [5, 5.41) is 0. The lowest BCUT2D eigenvalue weighted by Gasteiger charge is -2.34. The number of H-pyrrole nitrogens is 4. The number of hydrogen-bond donors (Lipinski definition) is 6. The van der Waals surface area contributed by atoms with Crippen molar-refractivity contribution in [2.45, 2.75) is 117 Å². The molecule has 51 heavy (non-hydrogen) atoms. The van der Waals surface area contributed by atoms with Crippen molar-refractivity contribution in [2.24, 2.45) is 5.41 Å². The molecule has 8 rings (SSSR count). The van der Waals surface area contributed by atoms with E-state index in [2.05, 4.69) is 134 Å². The summed E-state index contributed by atoms with van der Waals surface area (Å²) < 4.78 is 0. The summed E-state index contributed by atoms with van der Waals surface area (Å²) in [6.07, 6.45) is 6.57. The van der Waals surface area contributed by atoms with Crippen LogP contribution in [0.3, 0.4) is 0 Å². The monoisotopic (exact) mass is 686 g/mol. The van der Waals surface area contributed by atoms with Crippen LogP contribution in [-0.4, -0.2) is 55.9 Å². The fraction of sp³-hybridized carbons (Fsp3) is 0.487. The second-order valence-corrected chi connectivity index (χ2v) is 17.9. The van der Waals surface area contributed by atoms with Crippen LogP contribution < -0.4 is 10.9 Å². The number of aromatic nitrogens is 10. The molecule has 12 heteroatoms. The predicted octanol–water partition coefficient (Wildman–Crippen LogP) is 7.94. The number of benzene rings is 2. The summed E-state index contributed by atoms with van der Waals surface area (Å²) in [5.74, 6) is 3.63. The molecule has 1 aliphatic heterocycles. The van der Waals surface area contributed by atoms with E-state index in [1.807, 2.05) is 6.20 Å². The Labute approximate surface area is 297 Å². The van der Waals surface area contributed by atoms with Gasteiger partial charge in [0.1, 0.15) is 23.2 Å². The van der Waals surface area contributed by atoms with E-state index in [-0.39, 0.29) is 33.7 Å². The van der Waals surface area contributed by atoms with Gasteiger partial charge in [-0.15, -0.1) is 0 Å². The molecule has 6 N–H and O–H groups in total. The van der Waals surface area contributed by atoms with E-state index in [0.717, 1.165) is 92.3 Å². The molecule has 0 amide bonds. The standard InChI is InChI=1S/C39H50N12/c1-36(2,3)31-19-40-29(18-41-31)33-44-22-15-26-27(16-23(22)45-33)49-35(48-26)39(9,10)12-11-38(7,8)30-17-28(50-51-30)32-42-20-13-24-25(14-21(20)43-32)47-34(46-24)37(4,5)6/h13-16,18-19,28,30,50-51H,11-12,17H2,1-10H3,(H,42,43)(H,44,45)(H,46,47)(H,48,49). The molecule has 1 fully saturated rings. The van der Waals surface area contributed by atoms with Crippen molar-refractivity contribution in [2.75, 3.05) is 0 Å². The zero-order valence-electron chi connectivity index (χ0n) is 31.4. The van der Waals surface area contributed by atoms with E-state index in [1.165, 1.54) is 0 Å². The van der Waals surface area contributed by atoms with Gasteiger partial charge >= 0.3 is 0 Å². The van der Waals surface area contributed by atoms with Crippen LogP contribution in [-0.2, 0) is 16.2 Å². The topological polar surface area (TPSA) is 165 Å². The van der Waals surface area contributed by atoms with Gasteiger partial charge < -0.3 is 19.9 Å². The Balaban J connectivity index is 0.937. The van der Waals surface area contributed by atoms with Crippen LogP contribution in [0.1, 0.15) is 118 Å². The molecule has 5 aromatic heterocycles. The Hall–Kier alpha value is -4.68. The number of aromatic amines is 4. The first-order valence-electron chi connectivity index (χ1n) is 18.1. The molecule has 266 valence electrons. The second-order valence-electron chi connectivity index (χ2n) is 17.9. The van der Waals surface area contributed by atoms with Crippen LogP contribution in [0.4, 0.5) is 0 Å². The minimum atomic E-state index is -0.152. The van der Waals surface area contributed by atoms with Gasteiger partial charge in [0.2, 0.25) is 0 Å². The van der Waals surface area contributed by atoms with Gasteiger partial charge in [-0.1, -0.05) is 69.2 Å². The molecular formula is C39H50N12. The molecule has 0 spiro atoms. The lowest BCUT2D eigenvalue weighted by Crippen LogP contribution is -2.41. The minimum Gasteiger partial charge on any atom is -0.341 e. The third-order valence-electron chi connectivity index (χ3n) is 10.8. The normalized spacial score (nSPS) is 17.9. The smallest absolute Gasteiger partial charge is 0.158 e. The number of rotatable bonds is 7. The molecule has 0 saturated carbocycles. The van der Waals surface area contributed by atoms with E-state index in [0.29, 0.717) is 5.82 Å². The molecule has 2 aromatic carbocycles. The van der Waals surface area contributed by atoms with Gasteiger partial charge in [-0.2, -0.15) is 0 Å². The number of hydrogen-bond acceptors (Lipinski definition) is 8. The van der Waals surface area contributed by atoms with E-state index in [1.54, 1.807) is 6.20 Å². The predicted molar refractivity (Wildman–Crippen MR) is 203 cm³/mol. The van der Waals surface area contributed by atoms with E-state index >= 15 is 0 Å². The summed E-state index contributed by atoms with van der Waals surface area (Å²) >= 11 is 0. The Morgan fingerprint density at radius 2 is 1.18 bits per heavy atom. The summed E-state index contributed by atoms with van der Waals surface area (Å²) in [4.78, 5) is 43.1. The van der Waals surface area contributed by atoms with Gasteiger partial charge in [0.15, 0.2) is 5.82 Å². The van der Waals surface area contributed by atoms with Crippen molar-refractivity contribution in [3.05, 3.63) is 59.8 Å². The molecule has 0 bridgehead atoms. The summed E-state index contributed by atoms with van der Waals surface area (Å²) in [7, 11) is 0. The summed E-state index contributed by atoms with van der Waals surface area (Å²) in [5.41, 5.74) is 16.3. The number of fused-ring (bicyclic) bond motifs is 4. The Kier molecular flexibility index (Phi) is 7.49. The maximum absolute atomic E-state index is 5.08. The van der Waals surface area contributed by atoms with Crippen LogP contribution in [0.15, 0.2) is 36.7 Å². The lowest BCUT2D eigenvalue weighted by molar-refractivity contribution is 0.210. The van der Waals surface area contributed by atoms with Gasteiger partial charge in [-0.3, -0.25) is 10.4 Å². The average Bonchev–Trinajstić information content (AvgIpc) is 3.89. The highest BCUT2D eigenvalue weighted by atomic mass is 15.4. The average molecular weight is 687 g/mol. The molecule has 1 aliphatic rings. The van der Waals surface area contributed by atoms with Crippen molar-refractivity contribution in [3.8, 4) is 11.5 Å². The van der Waals surface area contributed by atoms with Crippen molar-refractivity contribution in [3.63, 3.8) is 0 Å². The van der Waals surface area contributed by atoms with Crippen LogP contribution >= 0.6 is 0 Å². The van der Waals surface area contributed by atoms with Crippen LogP contribution in [0, 0.1) is 5.41 Å². The zero-order chi connectivity index (χ0) is 36.1. The summed E-state index contributed by atoms with van der Waals surface area (Å²) in [6, 6.07) is 8.73. The van der Waals surface area contributed by atoms with Gasteiger partial charge in [-0.25, -0.2) is 30.3 Å². The molecule has 6 heterocycles. The Bertz CT molecular complexity index is 2290. The fourth-order valence-corrected chi connectivity index (χ4v) is 7.02. The first-order valence-corrected chi connectivity index (χ1v) is 18.1. The molecule has 2 atom stereocenters. The van der Waals surface area contributed by atoms with Gasteiger partial charge in [-0.05, 0) is 48.9 Å². The van der Waals surface area contributed by atoms with E-state index < -0.39 is 0 Å². The molecule has 0 aliphatic carbocycles. The van der Waals surface area contributed by atoms with Gasteiger partial charge in [0, 0.05) is 28.5 Å². The highest BCUT2D eigenvalue weighted by Gasteiger charge is 2.39. The largest absolute Gasteiger partial charge is 0.341 e. The maximum atomic E-state index is 5.08. The molecular weight excluding hydrogens is 637 g/mol. The van der Waals surface area contributed by atoms with Gasteiger partial charge in [0.25, 0.3) is 0 Å². The third kappa shape index (κ3) is 6.18. The SMILES string of the molecule is CC(C)(C)c1cnc(-c2nc3cc4[nH]c(C(C)(C)CCC(C)(C)C5CC(c6nc7cc8[nH]c(C(C)(C)C)nc8cc7[nH]6)NN5)nc4cc3[nH]2)cn1. The Morgan fingerprint density at radius 3 is 1.80 bits per heavy atom. The Morgan fingerprint density at radius 1 is 0.588 bits per heavy atom. The van der Waals surface area contributed by atoms with Crippen molar-refractivity contribution < 1.29 is 0 Å². The number of nitrogens with zero attached hydrogens (tertiary/aromatic N) is 6. The highest BCUT2D eigenvalue weighted by molar-refractivity contribution is 5.93. The third-order valence-corrected chi connectivity index (χ3v) is 10.8. The van der Waals surface area contributed by atoms with Gasteiger partial charge in [0.05, 0.1) is 62.1 Å². The first kappa shape index (κ1) is 33.5. The van der Waals surface area contributed by atoms with E-state index in [9.17, 15) is 0 Å². The number of nitrogens with one attached hydrogen (secondary N) is 6. The van der Waals surface area contributed by atoms with Crippen molar-refractivity contribution in [1.29, 1.82) is 0 Å². The molecule has 12 nitrogen and oxygen atoms in total. The van der Waals surface area contributed by atoms with Crippen LogP contribution in [0.5, 0.6) is 0 Å². The number of imidazole rings is 4. The number of hydrazine groups is 1. The maximum Gasteiger partial charge on any atom is 0.158 e. The van der Waals surface area contributed by atoms with Crippen LogP contribution in [0.2, 0.25) is 0 Å². The lowest BCUT2D eigenvalue weighted by atomic mass is 9.74. The summed E-state index contributed by atoms with van der Waals surface area (Å²) in [6.45, 7) is 22.2. The highest BCUT2D eigenvalue weighted by Crippen LogP contribution is 2.40. The molecule has 1 saturated heterocycles. The van der Waals surface area contributed by atoms with Crippen LogP contribution in [0.25, 0.3) is 55.7 Å². The molecule has 0 radical (unpaired) electrons. The second kappa shape index (κ2) is 11.4. The quantitative estimate of drug-likeness (QED) is 0.0984. The van der Waals surface area contributed by atoms with E-state index in [4.69, 9.17) is 19.9 Å². The molecule has 7 aromatic rings.